The van der Waals surface area contributed by atoms with Crippen LogP contribution in [0.3, 0.4) is 0 Å². The molecule has 1 amide bonds. The third-order valence-electron chi connectivity index (χ3n) is 3.88. The number of hydrogen-bond acceptors (Lipinski definition) is 5. The molecule has 0 saturated carbocycles. The lowest BCUT2D eigenvalue weighted by Crippen LogP contribution is -2.27. The molecule has 0 bridgehead atoms. The molecule has 0 unspecified atom stereocenters. The largest absolute Gasteiger partial charge is 0.365 e. The van der Waals surface area contributed by atoms with Gasteiger partial charge in [-0.05, 0) is 24.3 Å². The van der Waals surface area contributed by atoms with Crippen molar-refractivity contribution >= 4 is 28.6 Å². The van der Waals surface area contributed by atoms with E-state index < -0.39 is 0 Å². The van der Waals surface area contributed by atoms with Gasteiger partial charge in [0.25, 0.3) is 0 Å². The Bertz CT molecular complexity index is 852. The van der Waals surface area contributed by atoms with E-state index in [0.29, 0.717) is 24.4 Å². The minimum Gasteiger partial charge on any atom is -0.365 e. The van der Waals surface area contributed by atoms with E-state index in [2.05, 4.69) is 20.3 Å². The summed E-state index contributed by atoms with van der Waals surface area (Å²) >= 11 is 0. The number of carbonyl (C=O) groups is 1. The SMILES string of the molecule is O=C1C[C@H](Nc2ccc3nccnc3n2)CN1c1ccccc1. The first-order valence-corrected chi connectivity index (χ1v) is 7.49. The van der Waals surface area contributed by atoms with Gasteiger partial charge in [-0.2, -0.15) is 0 Å². The number of hydrogen-bond donors (Lipinski definition) is 1. The van der Waals surface area contributed by atoms with E-state index in [4.69, 9.17) is 0 Å². The fourth-order valence-corrected chi connectivity index (χ4v) is 2.81. The first-order valence-electron chi connectivity index (χ1n) is 7.49. The van der Waals surface area contributed by atoms with Gasteiger partial charge in [-0.15, -0.1) is 0 Å². The van der Waals surface area contributed by atoms with Crippen LogP contribution < -0.4 is 10.2 Å². The van der Waals surface area contributed by atoms with Crippen LogP contribution in [0.5, 0.6) is 0 Å². The Balaban J connectivity index is 1.52. The number of pyridine rings is 1. The highest BCUT2D eigenvalue weighted by molar-refractivity contribution is 5.96. The van der Waals surface area contributed by atoms with E-state index in [1.165, 1.54) is 0 Å². The Labute approximate surface area is 133 Å². The molecule has 6 nitrogen and oxygen atoms in total. The number of carbonyl (C=O) groups excluding carboxylic acids is 1. The highest BCUT2D eigenvalue weighted by Crippen LogP contribution is 2.23. The lowest BCUT2D eigenvalue weighted by Gasteiger charge is -2.17. The third-order valence-corrected chi connectivity index (χ3v) is 3.88. The summed E-state index contributed by atoms with van der Waals surface area (Å²) in [5, 5.41) is 3.32. The van der Waals surface area contributed by atoms with E-state index >= 15 is 0 Å². The summed E-state index contributed by atoms with van der Waals surface area (Å²) in [6, 6.07) is 13.5. The van der Waals surface area contributed by atoms with Gasteiger partial charge in [0.1, 0.15) is 11.3 Å². The molecule has 2 aromatic heterocycles. The number of aromatic nitrogens is 3. The standard InChI is InChI=1S/C17H15N5O/c23-16-10-12(11-22(16)13-4-2-1-3-5-13)20-15-7-6-14-17(21-15)19-9-8-18-14/h1-9,12H,10-11H2,(H,19,20,21)/t12-/m0/s1. The van der Waals surface area contributed by atoms with Gasteiger partial charge in [0, 0.05) is 31.0 Å². The van der Waals surface area contributed by atoms with Gasteiger partial charge in [-0.1, -0.05) is 18.2 Å². The molecule has 1 atom stereocenters. The molecule has 1 N–H and O–H groups in total. The second-order valence-electron chi connectivity index (χ2n) is 5.48. The summed E-state index contributed by atoms with van der Waals surface area (Å²) in [5.41, 5.74) is 2.28. The molecule has 1 aromatic carbocycles. The van der Waals surface area contributed by atoms with Crippen LogP contribution in [0.1, 0.15) is 6.42 Å². The van der Waals surface area contributed by atoms with E-state index in [0.717, 1.165) is 11.2 Å². The summed E-state index contributed by atoms with van der Waals surface area (Å²) in [7, 11) is 0. The van der Waals surface area contributed by atoms with Crippen molar-refractivity contribution in [2.75, 3.05) is 16.8 Å². The van der Waals surface area contributed by atoms with Crippen molar-refractivity contribution in [1.29, 1.82) is 0 Å². The van der Waals surface area contributed by atoms with Crippen molar-refractivity contribution in [3.63, 3.8) is 0 Å². The molecular formula is C17H15N5O. The smallest absolute Gasteiger partial charge is 0.229 e. The summed E-state index contributed by atoms with van der Waals surface area (Å²) in [4.78, 5) is 26.9. The minimum atomic E-state index is 0.0318. The predicted molar refractivity (Wildman–Crippen MR) is 88.2 cm³/mol. The van der Waals surface area contributed by atoms with Crippen molar-refractivity contribution in [3.8, 4) is 0 Å². The predicted octanol–water partition coefficient (Wildman–Crippen LogP) is 2.24. The van der Waals surface area contributed by atoms with Crippen LogP contribution in [-0.2, 0) is 4.79 Å². The second-order valence-corrected chi connectivity index (χ2v) is 5.48. The normalized spacial score (nSPS) is 17.7. The highest BCUT2D eigenvalue weighted by atomic mass is 16.2. The molecule has 3 aromatic rings. The monoisotopic (exact) mass is 305 g/mol. The summed E-state index contributed by atoms with van der Waals surface area (Å²) < 4.78 is 0. The number of para-hydroxylation sites is 1. The lowest BCUT2D eigenvalue weighted by molar-refractivity contribution is -0.117. The van der Waals surface area contributed by atoms with E-state index in [9.17, 15) is 4.79 Å². The fraction of sp³-hybridized carbons (Fsp3) is 0.176. The number of anilines is 2. The van der Waals surface area contributed by atoms with Crippen molar-refractivity contribution in [2.45, 2.75) is 12.5 Å². The van der Waals surface area contributed by atoms with Crippen LogP contribution in [0.25, 0.3) is 11.2 Å². The Kier molecular flexibility index (Phi) is 3.34. The van der Waals surface area contributed by atoms with Crippen LogP contribution in [0.4, 0.5) is 11.5 Å². The van der Waals surface area contributed by atoms with Gasteiger partial charge in [-0.3, -0.25) is 9.78 Å². The molecular weight excluding hydrogens is 290 g/mol. The van der Waals surface area contributed by atoms with Gasteiger partial charge >= 0.3 is 0 Å². The molecule has 3 heterocycles. The van der Waals surface area contributed by atoms with E-state index in [-0.39, 0.29) is 11.9 Å². The minimum absolute atomic E-state index is 0.0318. The zero-order valence-corrected chi connectivity index (χ0v) is 12.4. The van der Waals surface area contributed by atoms with Gasteiger partial charge in [0.15, 0.2) is 5.65 Å². The van der Waals surface area contributed by atoms with Crippen molar-refractivity contribution in [2.24, 2.45) is 0 Å². The number of nitrogens with zero attached hydrogens (tertiary/aromatic N) is 4. The quantitative estimate of drug-likeness (QED) is 0.803. The Hall–Kier alpha value is -3.02. The zero-order valence-electron chi connectivity index (χ0n) is 12.4. The van der Waals surface area contributed by atoms with Crippen LogP contribution in [0, 0.1) is 0 Å². The molecule has 6 heteroatoms. The van der Waals surface area contributed by atoms with Crippen LogP contribution in [-0.4, -0.2) is 33.4 Å². The molecule has 1 fully saturated rings. The van der Waals surface area contributed by atoms with Crippen LogP contribution in [0.15, 0.2) is 54.9 Å². The van der Waals surface area contributed by atoms with Crippen molar-refractivity contribution in [1.82, 2.24) is 15.0 Å². The Morgan fingerprint density at radius 1 is 1.04 bits per heavy atom. The molecule has 0 radical (unpaired) electrons. The Morgan fingerprint density at radius 3 is 2.74 bits per heavy atom. The molecule has 0 spiro atoms. The van der Waals surface area contributed by atoms with Gasteiger partial charge in [0.05, 0.1) is 6.04 Å². The number of benzene rings is 1. The molecule has 4 rings (SSSR count). The zero-order chi connectivity index (χ0) is 15.6. The first kappa shape index (κ1) is 13.6. The average Bonchev–Trinajstić information content (AvgIpc) is 2.96. The third kappa shape index (κ3) is 2.70. The number of nitrogens with one attached hydrogen (secondary N) is 1. The molecule has 23 heavy (non-hydrogen) atoms. The Morgan fingerprint density at radius 2 is 1.87 bits per heavy atom. The van der Waals surface area contributed by atoms with Gasteiger partial charge in [0.2, 0.25) is 5.91 Å². The second kappa shape index (κ2) is 5.64. The van der Waals surface area contributed by atoms with E-state index in [1.807, 2.05) is 42.5 Å². The van der Waals surface area contributed by atoms with Crippen molar-refractivity contribution in [3.05, 3.63) is 54.9 Å². The van der Waals surface area contributed by atoms with Crippen LogP contribution in [0.2, 0.25) is 0 Å². The topological polar surface area (TPSA) is 71.0 Å². The summed E-state index contributed by atoms with van der Waals surface area (Å²) in [6.07, 6.45) is 3.72. The fourth-order valence-electron chi connectivity index (χ4n) is 2.81. The summed E-state index contributed by atoms with van der Waals surface area (Å²) in [5.74, 6) is 0.833. The molecule has 0 aliphatic carbocycles. The summed E-state index contributed by atoms with van der Waals surface area (Å²) in [6.45, 7) is 0.628. The number of amides is 1. The van der Waals surface area contributed by atoms with Crippen molar-refractivity contribution < 1.29 is 4.79 Å². The van der Waals surface area contributed by atoms with Gasteiger partial charge < -0.3 is 10.2 Å². The molecule has 114 valence electrons. The van der Waals surface area contributed by atoms with E-state index in [1.54, 1.807) is 17.3 Å². The molecule has 1 aliphatic rings. The van der Waals surface area contributed by atoms with Crippen LogP contribution >= 0.6 is 0 Å². The first-order chi connectivity index (χ1) is 11.3. The van der Waals surface area contributed by atoms with Gasteiger partial charge in [-0.25, -0.2) is 9.97 Å². The molecule has 1 aliphatic heterocycles. The highest BCUT2D eigenvalue weighted by Gasteiger charge is 2.30. The number of rotatable bonds is 3. The average molecular weight is 305 g/mol. The number of fused-ring (bicyclic) bond motifs is 1. The maximum Gasteiger partial charge on any atom is 0.229 e. The maximum absolute atomic E-state index is 12.2. The maximum atomic E-state index is 12.2. The lowest BCUT2D eigenvalue weighted by atomic mass is 10.2. The molecule has 1 saturated heterocycles.